The van der Waals surface area contributed by atoms with E-state index >= 15 is 0 Å². The van der Waals surface area contributed by atoms with Crippen molar-refractivity contribution in [2.24, 2.45) is 0 Å². The molecule has 124 valence electrons. The number of alkyl halides is 3. The third-order valence-electron chi connectivity index (χ3n) is 4.89. The summed E-state index contributed by atoms with van der Waals surface area (Å²) in [6, 6.07) is 4.69. The molecule has 2 fully saturated rings. The van der Waals surface area contributed by atoms with Gasteiger partial charge in [0.25, 0.3) is 0 Å². The van der Waals surface area contributed by atoms with Crippen molar-refractivity contribution in [1.82, 2.24) is 4.90 Å². The number of nitrogens with zero attached hydrogens (tertiary/aromatic N) is 2. The van der Waals surface area contributed by atoms with Crippen LogP contribution < -0.4 is 0 Å². The number of likely N-dealkylation sites (N-methyl/N-ethyl adjacent to an activating group) is 1. The van der Waals surface area contributed by atoms with Gasteiger partial charge in [-0.2, -0.15) is 18.4 Å². The summed E-state index contributed by atoms with van der Waals surface area (Å²) in [5.41, 5.74) is -2.14. The Morgan fingerprint density at radius 1 is 1.30 bits per heavy atom. The summed E-state index contributed by atoms with van der Waals surface area (Å²) in [6.07, 6.45) is -4.02. The molecule has 3 rings (SSSR count). The van der Waals surface area contributed by atoms with E-state index in [1.165, 1.54) is 0 Å². The Bertz CT molecular complexity index is 640. The van der Waals surface area contributed by atoms with Gasteiger partial charge in [-0.25, -0.2) is 0 Å². The molecule has 4 nitrogen and oxygen atoms in total. The summed E-state index contributed by atoms with van der Waals surface area (Å²) in [5.74, 6) is 0. The monoisotopic (exact) mass is 326 g/mol. The van der Waals surface area contributed by atoms with Gasteiger partial charge in [0, 0.05) is 17.6 Å². The van der Waals surface area contributed by atoms with Crippen LogP contribution in [-0.2, 0) is 16.5 Å². The van der Waals surface area contributed by atoms with Gasteiger partial charge in [-0.15, -0.1) is 0 Å². The van der Waals surface area contributed by atoms with Crippen LogP contribution in [0.4, 0.5) is 13.2 Å². The minimum absolute atomic E-state index is 0.0693. The molecule has 0 radical (unpaired) electrons. The van der Waals surface area contributed by atoms with Crippen molar-refractivity contribution < 1.29 is 23.0 Å². The number of halogens is 3. The van der Waals surface area contributed by atoms with E-state index in [9.17, 15) is 23.5 Å². The molecular weight excluding hydrogens is 309 g/mol. The number of aliphatic hydroxyl groups is 1. The first-order valence-corrected chi connectivity index (χ1v) is 7.38. The Morgan fingerprint density at radius 3 is 2.43 bits per heavy atom. The summed E-state index contributed by atoms with van der Waals surface area (Å²) in [7, 11) is 1.93. The highest BCUT2D eigenvalue weighted by Crippen LogP contribution is 2.43. The van der Waals surface area contributed by atoms with E-state index in [4.69, 9.17) is 4.74 Å². The van der Waals surface area contributed by atoms with E-state index in [1.54, 1.807) is 0 Å². The van der Waals surface area contributed by atoms with Crippen molar-refractivity contribution in [2.75, 3.05) is 20.3 Å². The van der Waals surface area contributed by atoms with Crippen LogP contribution in [0.1, 0.15) is 29.5 Å². The lowest BCUT2D eigenvalue weighted by atomic mass is 9.75. The first-order chi connectivity index (χ1) is 10.7. The molecule has 2 bridgehead atoms. The standard InChI is InChI=1S/C16H17F3N2O2/c1-21-12-5-15(22,6-13(21)9-23-8-12)14-4-11(16(17,18)19)3-2-10(14)7-20/h2-4,12-13,22H,5-6,8-9H2,1H3. The maximum Gasteiger partial charge on any atom is 0.416 e. The molecule has 0 amide bonds. The predicted octanol–water partition coefficient (Wildman–Crippen LogP) is 2.26. The summed E-state index contributed by atoms with van der Waals surface area (Å²) in [5, 5.41) is 20.3. The van der Waals surface area contributed by atoms with Crippen molar-refractivity contribution in [1.29, 1.82) is 5.26 Å². The Labute approximate surface area is 132 Å². The normalized spacial score (nSPS) is 31.7. The number of piperidine rings is 1. The van der Waals surface area contributed by atoms with E-state index in [0.717, 1.165) is 18.2 Å². The maximum atomic E-state index is 13.0. The highest BCUT2D eigenvalue weighted by Gasteiger charge is 2.47. The zero-order valence-electron chi connectivity index (χ0n) is 12.6. The fourth-order valence-corrected chi connectivity index (χ4v) is 3.57. The van der Waals surface area contributed by atoms with Gasteiger partial charge in [-0.3, -0.25) is 4.90 Å². The predicted molar refractivity (Wildman–Crippen MR) is 75.4 cm³/mol. The number of fused-ring (bicyclic) bond motifs is 2. The van der Waals surface area contributed by atoms with Crippen LogP contribution in [0.5, 0.6) is 0 Å². The van der Waals surface area contributed by atoms with Gasteiger partial charge in [0.1, 0.15) is 0 Å². The zero-order chi connectivity index (χ0) is 16.8. The van der Waals surface area contributed by atoms with E-state index in [1.807, 2.05) is 13.1 Å². The summed E-state index contributed by atoms with van der Waals surface area (Å²) in [4.78, 5) is 2.09. The molecule has 2 saturated heterocycles. The van der Waals surface area contributed by atoms with Crippen LogP contribution in [0.15, 0.2) is 18.2 Å². The van der Waals surface area contributed by atoms with Crippen LogP contribution in [0.2, 0.25) is 0 Å². The Hall–Kier alpha value is -1.62. The Morgan fingerprint density at radius 2 is 1.91 bits per heavy atom. The van der Waals surface area contributed by atoms with Gasteiger partial charge in [0.15, 0.2) is 0 Å². The number of ether oxygens (including phenoxy) is 1. The highest BCUT2D eigenvalue weighted by molar-refractivity contribution is 5.45. The molecule has 1 aromatic rings. The number of nitriles is 1. The van der Waals surface area contributed by atoms with Crippen LogP contribution in [-0.4, -0.2) is 42.4 Å². The molecule has 0 saturated carbocycles. The van der Waals surface area contributed by atoms with Gasteiger partial charge in [0.2, 0.25) is 0 Å². The van der Waals surface area contributed by atoms with Crippen molar-refractivity contribution in [3.63, 3.8) is 0 Å². The van der Waals surface area contributed by atoms with Gasteiger partial charge in [-0.05, 0) is 38.1 Å². The number of rotatable bonds is 1. The molecular formula is C16H17F3N2O2. The van der Waals surface area contributed by atoms with Gasteiger partial charge in [0.05, 0.1) is 36.0 Å². The summed E-state index contributed by atoms with van der Waals surface area (Å²) < 4.78 is 44.5. The molecule has 2 unspecified atom stereocenters. The lowest BCUT2D eigenvalue weighted by molar-refractivity contribution is -0.141. The van der Waals surface area contributed by atoms with E-state index in [2.05, 4.69) is 4.90 Å². The van der Waals surface area contributed by atoms with Crippen molar-refractivity contribution in [3.8, 4) is 6.07 Å². The number of hydrogen-bond donors (Lipinski definition) is 1. The molecule has 7 heteroatoms. The van der Waals surface area contributed by atoms with E-state index < -0.39 is 17.3 Å². The summed E-state index contributed by atoms with van der Waals surface area (Å²) >= 11 is 0. The second-order valence-corrected chi connectivity index (χ2v) is 6.32. The van der Waals surface area contributed by atoms with Crippen LogP contribution in [0.3, 0.4) is 0 Å². The quantitative estimate of drug-likeness (QED) is 0.860. The largest absolute Gasteiger partial charge is 0.416 e. The van der Waals surface area contributed by atoms with Gasteiger partial charge in [-0.1, -0.05) is 0 Å². The second-order valence-electron chi connectivity index (χ2n) is 6.32. The van der Waals surface area contributed by atoms with Crippen molar-refractivity contribution in [2.45, 2.75) is 36.7 Å². The molecule has 0 aromatic heterocycles. The smallest absolute Gasteiger partial charge is 0.385 e. The van der Waals surface area contributed by atoms with Gasteiger partial charge >= 0.3 is 6.18 Å². The SMILES string of the molecule is CN1C2COCC1CC(O)(c1cc(C(F)(F)F)ccc1C#N)C2. The number of benzene rings is 1. The molecule has 0 aliphatic carbocycles. The van der Waals surface area contributed by atoms with Crippen LogP contribution in [0.25, 0.3) is 0 Å². The molecule has 1 aromatic carbocycles. The fraction of sp³-hybridized carbons (Fsp3) is 0.562. The Balaban J connectivity index is 2.04. The fourth-order valence-electron chi connectivity index (χ4n) is 3.57. The molecule has 1 N–H and O–H groups in total. The third kappa shape index (κ3) is 2.82. The van der Waals surface area contributed by atoms with E-state index in [-0.39, 0.29) is 36.1 Å². The number of hydrogen-bond acceptors (Lipinski definition) is 4. The molecule has 23 heavy (non-hydrogen) atoms. The Kier molecular flexibility index (Phi) is 3.87. The first-order valence-electron chi connectivity index (χ1n) is 7.38. The highest BCUT2D eigenvalue weighted by atomic mass is 19.4. The molecule has 2 heterocycles. The number of morpholine rings is 1. The first kappa shape index (κ1) is 16.2. The van der Waals surface area contributed by atoms with Crippen molar-refractivity contribution >= 4 is 0 Å². The minimum atomic E-state index is -4.51. The lowest BCUT2D eigenvalue weighted by Crippen LogP contribution is -2.59. The molecule has 2 aliphatic heterocycles. The second kappa shape index (κ2) is 5.48. The van der Waals surface area contributed by atoms with Gasteiger partial charge < -0.3 is 9.84 Å². The zero-order valence-corrected chi connectivity index (χ0v) is 12.6. The molecule has 0 spiro atoms. The summed E-state index contributed by atoms with van der Waals surface area (Å²) in [6.45, 7) is 0.853. The average Bonchev–Trinajstić information content (AvgIpc) is 2.47. The molecule has 2 aliphatic rings. The molecule has 2 atom stereocenters. The maximum absolute atomic E-state index is 13.0. The third-order valence-corrected chi connectivity index (χ3v) is 4.89. The van der Waals surface area contributed by atoms with Crippen LogP contribution >= 0.6 is 0 Å². The van der Waals surface area contributed by atoms with Crippen LogP contribution in [0, 0.1) is 11.3 Å². The van der Waals surface area contributed by atoms with E-state index in [0.29, 0.717) is 13.2 Å². The topological polar surface area (TPSA) is 56.5 Å². The average molecular weight is 326 g/mol. The lowest BCUT2D eigenvalue weighted by Gasteiger charge is -2.50. The van der Waals surface area contributed by atoms with Crippen molar-refractivity contribution in [3.05, 3.63) is 34.9 Å². The minimum Gasteiger partial charge on any atom is -0.385 e.